The molecular formula is C23H23F3N4O2. The van der Waals surface area contributed by atoms with E-state index in [9.17, 15) is 22.8 Å². The van der Waals surface area contributed by atoms with Gasteiger partial charge in [0.05, 0.1) is 17.2 Å². The van der Waals surface area contributed by atoms with E-state index in [1.54, 1.807) is 30.3 Å². The number of hydrogen-bond donors (Lipinski definition) is 3. The molecule has 2 amide bonds. The maximum Gasteiger partial charge on any atom is 0.417 e. The molecule has 0 aromatic heterocycles. The summed E-state index contributed by atoms with van der Waals surface area (Å²) in [6.07, 6.45) is -1.84. The molecule has 32 heavy (non-hydrogen) atoms. The van der Waals surface area contributed by atoms with Gasteiger partial charge in [0.25, 0.3) is 5.91 Å². The van der Waals surface area contributed by atoms with Crippen LogP contribution in [0.4, 0.5) is 24.5 Å². The minimum Gasteiger partial charge on any atom is -0.382 e. The Morgan fingerprint density at radius 1 is 0.969 bits per heavy atom. The van der Waals surface area contributed by atoms with E-state index in [-0.39, 0.29) is 23.9 Å². The number of anilines is 2. The molecule has 0 heterocycles. The average Bonchev–Trinajstić information content (AvgIpc) is 2.74. The van der Waals surface area contributed by atoms with Crippen LogP contribution < -0.4 is 16.0 Å². The summed E-state index contributed by atoms with van der Waals surface area (Å²) in [4.78, 5) is 23.5. The molecule has 0 aliphatic heterocycles. The first kappa shape index (κ1) is 23.1. The third-order valence-electron chi connectivity index (χ3n) is 5.35. The minimum atomic E-state index is -4.59. The number of hydrogen-bond acceptors (Lipinski definition) is 4. The Bertz CT molecular complexity index is 1020. The molecule has 9 heteroatoms. The predicted molar refractivity (Wildman–Crippen MR) is 114 cm³/mol. The maximum atomic E-state index is 13.1. The van der Waals surface area contributed by atoms with E-state index in [4.69, 9.17) is 5.26 Å². The van der Waals surface area contributed by atoms with Crippen LogP contribution in [0, 0.1) is 11.3 Å². The van der Waals surface area contributed by atoms with Gasteiger partial charge in [-0.1, -0.05) is 0 Å². The molecule has 168 valence electrons. The number of alkyl halides is 3. The van der Waals surface area contributed by atoms with Crippen LogP contribution in [0.1, 0.15) is 54.1 Å². The third-order valence-corrected chi connectivity index (χ3v) is 5.35. The molecule has 0 atom stereocenters. The van der Waals surface area contributed by atoms with Gasteiger partial charge in [0.1, 0.15) is 0 Å². The molecule has 0 spiro atoms. The first-order valence-corrected chi connectivity index (χ1v) is 10.2. The fourth-order valence-corrected chi connectivity index (χ4v) is 3.76. The monoisotopic (exact) mass is 444 g/mol. The van der Waals surface area contributed by atoms with Crippen molar-refractivity contribution in [2.24, 2.45) is 0 Å². The van der Waals surface area contributed by atoms with E-state index >= 15 is 0 Å². The molecule has 1 aliphatic carbocycles. The van der Waals surface area contributed by atoms with Crippen LogP contribution in [-0.2, 0) is 11.0 Å². The third kappa shape index (κ3) is 6.00. The normalized spacial score (nSPS) is 18.3. The van der Waals surface area contributed by atoms with Crippen LogP contribution in [0.15, 0.2) is 42.5 Å². The molecule has 3 N–H and O–H groups in total. The molecule has 0 bridgehead atoms. The molecule has 1 aliphatic rings. The Labute approximate surface area is 183 Å². The standard InChI is InChI=1S/C23H23F3N4O2/c1-14(31)28-17-5-2-15(3-6-17)22(32)30-19-10-8-18(9-11-19)29-20-7-4-16(13-27)21(12-20)23(24,25)26/h2-7,12,18-19,29H,8-11H2,1H3,(H,28,31)(H,30,32)/t18-,19+. The number of halogens is 3. The Kier molecular flexibility index (Phi) is 7.03. The van der Waals surface area contributed by atoms with E-state index < -0.39 is 17.3 Å². The first-order chi connectivity index (χ1) is 15.2. The number of nitrogens with zero attached hydrogens (tertiary/aromatic N) is 1. The van der Waals surface area contributed by atoms with Crippen LogP contribution in [0.25, 0.3) is 0 Å². The Balaban J connectivity index is 1.53. The molecule has 1 saturated carbocycles. The van der Waals surface area contributed by atoms with Crippen molar-refractivity contribution in [3.63, 3.8) is 0 Å². The van der Waals surface area contributed by atoms with Crippen molar-refractivity contribution in [2.45, 2.75) is 50.9 Å². The smallest absolute Gasteiger partial charge is 0.382 e. The molecule has 6 nitrogen and oxygen atoms in total. The highest BCUT2D eigenvalue weighted by Gasteiger charge is 2.34. The number of rotatable bonds is 5. The minimum absolute atomic E-state index is 0.0193. The number of nitrogens with one attached hydrogen (secondary N) is 3. The zero-order chi connectivity index (χ0) is 23.3. The summed E-state index contributed by atoms with van der Waals surface area (Å²) in [6, 6.07) is 11.7. The molecular weight excluding hydrogens is 421 g/mol. The fourth-order valence-electron chi connectivity index (χ4n) is 3.76. The van der Waals surface area contributed by atoms with Crippen molar-refractivity contribution in [3.8, 4) is 6.07 Å². The van der Waals surface area contributed by atoms with Crippen LogP contribution >= 0.6 is 0 Å². The molecule has 2 aromatic carbocycles. The zero-order valence-electron chi connectivity index (χ0n) is 17.4. The van der Waals surface area contributed by atoms with Crippen molar-refractivity contribution < 1.29 is 22.8 Å². The number of nitriles is 1. The highest BCUT2D eigenvalue weighted by Crippen LogP contribution is 2.34. The summed E-state index contributed by atoms with van der Waals surface area (Å²) in [6.45, 7) is 1.41. The van der Waals surface area contributed by atoms with E-state index in [1.165, 1.54) is 19.1 Å². The van der Waals surface area contributed by atoms with Crippen molar-refractivity contribution in [3.05, 3.63) is 59.2 Å². The van der Waals surface area contributed by atoms with Gasteiger partial charge < -0.3 is 16.0 Å². The molecule has 0 unspecified atom stereocenters. The van der Waals surface area contributed by atoms with Gasteiger partial charge in [-0.25, -0.2) is 0 Å². The summed E-state index contributed by atoms with van der Waals surface area (Å²) in [7, 11) is 0. The predicted octanol–water partition coefficient (Wildman–Crippen LogP) is 4.69. The number of carbonyl (C=O) groups excluding carboxylic acids is 2. The van der Waals surface area contributed by atoms with Crippen LogP contribution in [0.2, 0.25) is 0 Å². The highest BCUT2D eigenvalue weighted by molar-refractivity contribution is 5.95. The second-order valence-electron chi connectivity index (χ2n) is 7.79. The highest BCUT2D eigenvalue weighted by atomic mass is 19.4. The van der Waals surface area contributed by atoms with E-state index in [1.807, 2.05) is 0 Å². The number of carbonyl (C=O) groups is 2. The van der Waals surface area contributed by atoms with E-state index in [2.05, 4.69) is 16.0 Å². The van der Waals surface area contributed by atoms with Crippen LogP contribution in [0.5, 0.6) is 0 Å². The largest absolute Gasteiger partial charge is 0.417 e. The quantitative estimate of drug-likeness (QED) is 0.624. The SMILES string of the molecule is CC(=O)Nc1ccc(C(=O)N[C@H]2CC[C@@H](Nc3ccc(C#N)c(C(F)(F)F)c3)CC2)cc1. The van der Waals surface area contributed by atoms with Crippen LogP contribution in [0.3, 0.4) is 0 Å². The van der Waals surface area contributed by atoms with Crippen molar-refractivity contribution in [2.75, 3.05) is 10.6 Å². The van der Waals surface area contributed by atoms with Gasteiger partial charge in [-0.3, -0.25) is 9.59 Å². The van der Waals surface area contributed by atoms with E-state index in [0.29, 0.717) is 42.6 Å². The van der Waals surface area contributed by atoms with Gasteiger partial charge in [-0.2, -0.15) is 18.4 Å². The lowest BCUT2D eigenvalue weighted by Crippen LogP contribution is -2.40. The van der Waals surface area contributed by atoms with Gasteiger partial charge in [-0.15, -0.1) is 0 Å². The molecule has 1 fully saturated rings. The summed E-state index contributed by atoms with van der Waals surface area (Å²) in [5.74, 6) is -0.402. The summed E-state index contributed by atoms with van der Waals surface area (Å²) >= 11 is 0. The molecule has 0 radical (unpaired) electrons. The van der Waals surface area contributed by atoms with E-state index in [0.717, 1.165) is 6.07 Å². The topological polar surface area (TPSA) is 94.0 Å². The molecule has 2 aromatic rings. The Morgan fingerprint density at radius 3 is 2.12 bits per heavy atom. The Hall–Kier alpha value is -3.54. The second-order valence-corrected chi connectivity index (χ2v) is 7.79. The van der Waals surface area contributed by atoms with Crippen LogP contribution in [-0.4, -0.2) is 23.9 Å². The van der Waals surface area contributed by atoms with Crippen molar-refractivity contribution in [1.82, 2.24) is 5.32 Å². The summed E-state index contributed by atoms with van der Waals surface area (Å²) in [5.41, 5.74) is 0.0619. The van der Waals surface area contributed by atoms with Gasteiger partial charge in [0.15, 0.2) is 0 Å². The van der Waals surface area contributed by atoms with Gasteiger partial charge in [0.2, 0.25) is 5.91 Å². The lowest BCUT2D eigenvalue weighted by molar-refractivity contribution is -0.137. The maximum absolute atomic E-state index is 13.1. The molecule has 0 saturated heterocycles. The first-order valence-electron chi connectivity index (χ1n) is 10.2. The number of amides is 2. The van der Waals surface area contributed by atoms with Crippen molar-refractivity contribution in [1.29, 1.82) is 5.26 Å². The summed E-state index contributed by atoms with van der Waals surface area (Å²) in [5, 5.41) is 17.6. The van der Waals surface area contributed by atoms with Gasteiger partial charge in [0, 0.05) is 35.9 Å². The molecule has 3 rings (SSSR count). The average molecular weight is 444 g/mol. The lowest BCUT2D eigenvalue weighted by atomic mass is 9.90. The van der Waals surface area contributed by atoms with Crippen molar-refractivity contribution >= 4 is 23.2 Å². The number of benzene rings is 2. The fraction of sp³-hybridized carbons (Fsp3) is 0.348. The van der Waals surface area contributed by atoms with Gasteiger partial charge in [-0.05, 0) is 68.1 Å². The van der Waals surface area contributed by atoms with Gasteiger partial charge >= 0.3 is 6.18 Å². The zero-order valence-corrected chi connectivity index (χ0v) is 17.4. The second kappa shape index (κ2) is 9.73. The lowest BCUT2D eigenvalue weighted by Gasteiger charge is -2.30. The summed E-state index contributed by atoms with van der Waals surface area (Å²) < 4.78 is 39.4. The Morgan fingerprint density at radius 2 is 1.56 bits per heavy atom.